The SMILES string of the molecule is O=C1C[C@H]2C=C(c3cccc(Cl)c3)[C@@H]1CC2. The van der Waals surface area contributed by atoms with Crippen LogP contribution >= 0.6 is 11.6 Å². The Kier molecular flexibility index (Phi) is 2.36. The second-order valence-electron chi connectivity index (χ2n) is 4.69. The standard InChI is InChI=1S/C14H13ClO/c15-11-3-1-2-10(8-11)13-6-9-4-5-12(13)14(16)7-9/h1-3,6,8-9,12H,4-5,7H2/t9-,12+/m1/s1. The number of ketones is 1. The Bertz CT molecular complexity index is 475. The minimum absolute atomic E-state index is 0.128. The van der Waals surface area contributed by atoms with Gasteiger partial charge in [-0.15, -0.1) is 0 Å². The molecular formula is C14H13ClO. The monoisotopic (exact) mass is 232 g/mol. The summed E-state index contributed by atoms with van der Waals surface area (Å²) < 4.78 is 0. The van der Waals surface area contributed by atoms with Crippen LogP contribution in [0.3, 0.4) is 0 Å². The van der Waals surface area contributed by atoms with E-state index < -0.39 is 0 Å². The highest BCUT2D eigenvalue weighted by Gasteiger charge is 2.35. The molecule has 0 amide bonds. The van der Waals surface area contributed by atoms with Gasteiger partial charge in [0.2, 0.25) is 0 Å². The third-order valence-corrected chi connectivity index (χ3v) is 3.86. The molecule has 1 aromatic carbocycles. The average Bonchev–Trinajstić information content (AvgIpc) is 2.29. The minimum atomic E-state index is 0.128. The Morgan fingerprint density at radius 1 is 1.25 bits per heavy atom. The van der Waals surface area contributed by atoms with Crippen molar-refractivity contribution in [2.24, 2.45) is 11.8 Å². The van der Waals surface area contributed by atoms with Crippen LogP contribution in [0.15, 0.2) is 30.3 Å². The van der Waals surface area contributed by atoms with Crippen LogP contribution in [0.5, 0.6) is 0 Å². The van der Waals surface area contributed by atoms with E-state index in [4.69, 9.17) is 11.6 Å². The first-order chi connectivity index (χ1) is 7.74. The molecule has 16 heavy (non-hydrogen) atoms. The number of allylic oxidation sites excluding steroid dienone is 2. The molecule has 0 saturated heterocycles. The molecule has 3 aliphatic rings. The van der Waals surface area contributed by atoms with Crippen molar-refractivity contribution >= 4 is 23.0 Å². The van der Waals surface area contributed by atoms with Crippen LogP contribution in [0, 0.1) is 11.8 Å². The summed E-state index contributed by atoms with van der Waals surface area (Å²) >= 11 is 5.99. The van der Waals surface area contributed by atoms with Gasteiger partial charge in [-0.1, -0.05) is 29.8 Å². The molecular weight excluding hydrogens is 220 g/mol. The molecule has 0 N–H and O–H groups in total. The third-order valence-electron chi connectivity index (χ3n) is 3.63. The molecule has 1 aromatic rings. The number of fused-ring (bicyclic) bond motifs is 2. The van der Waals surface area contributed by atoms with E-state index >= 15 is 0 Å². The maximum atomic E-state index is 11.9. The van der Waals surface area contributed by atoms with E-state index in [-0.39, 0.29) is 5.92 Å². The van der Waals surface area contributed by atoms with E-state index in [0.29, 0.717) is 11.7 Å². The van der Waals surface area contributed by atoms with Crippen molar-refractivity contribution in [2.75, 3.05) is 0 Å². The molecule has 0 aromatic heterocycles. The Morgan fingerprint density at radius 2 is 2.12 bits per heavy atom. The van der Waals surface area contributed by atoms with Crippen LogP contribution in [-0.4, -0.2) is 5.78 Å². The van der Waals surface area contributed by atoms with Crippen LogP contribution < -0.4 is 0 Å². The van der Waals surface area contributed by atoms with Crippen LogP contribution in [-0.2, 0) is 4.79 Å². The van der Waals surface area contributed by atoms with E-state index in [1.807, 2.05) is 24.3 Å². The summed E-state index contributed by atoms with van der Waals surface area (Å²) in [7, 11) is 0. The fourth-order valence-corrected chi connectivity index (χ4v) is 3.04. The maximum Gasteiger partial charge on any atom is 0.140 e. The maximum absolute atomic E-state index is 11.9. The zero-order valence-corrected chi connectivity index (χ0v) is 9.70. The molecule has 0 spiro atoms. The van der Waals surface area contributed by atoms with Gasteiger partial charge in [-0.25, -0.2) is 0 Å². The van der Waals surface area contributed by atoms with Crippen molar-refractivity contribution in [1.29, 1.82) is 0 Å². The molecule has 0 radical (unpaired) electrons. The Hall–Kier alpha value is -1.08. The van der Waals surface area contributed by atoms with Gasteiger partial charge in [0.15, 0.2) is 0 Å². The Balaban J connectivity index is 2.04. The van der Waals surface area contributed by atoms with Gasteiger partial charge >= 0.3 is 0 Å². The quantitative estimate of drug-likeness (QED) is 0.721. The lowest BCUT2D eigenvalue weighted by atomic mass is 9.69. The normalized spacial score (nSPS) is 28.1. The predicted molar refractivity (Wildman–Crippen MR) is 65.3 cm³/mol. The molecule has 2 bridgehead atoms. The summed E-state index contributed by atoms with van der Waals surface area (Å²) in [6.07, 6.45) is 5.21. The van der Waals surface area contributed by atoms with Gasteiger partial charge in [-0.2, -0.15) is 0 Å². The van der Waals surface area contributed by atoms with Crippen molar-refractivity contribution in [3.63, 3.8) is 0 Å². The first-order valence-corrected chi connectivity index (χ1v) is 6.12. The second kappa shape index (κ2) is 3.74. The molecule has 1 fully saturated rings. The molecule has 2 heteroatoms. The summed E-state index contributed by atoms with van der Waals surface area (Å²) in [6.45, 7) is 0. The second-order valence-corrected chi connectivity index (χ2v) is 5.13. The highest BCUT2D eigenvalue weighted by atomic mass is 35.5. The van der Waals surface area contributed by atoms with E-state index in [0.717, 1.165) is 23.4 Å². The smallest absolute Gasteiger partial charge is 0.140 e. The lowest BCUT2D eigenvalue weighted by Gasteiger charge is -2.34. The predicted octanol–water partition coefficient (Wildman–Crippen LogP) is 3.72. The van der Waals surface area contributed by atoms with Crippen molar-refractivity contribution in [2.45, 2.75) is 19.3 Å². The molecule has 0 aliphatic heterocycles. The van der Waals surface area contributed by atoms with Gasteiger partial charge in [0.25, 0.3) is 0 Å². The third kappa shape index (κ3) is 1.60. The molecule has 2 atom stereocenters. The van der Waals surface area contributed by atoms with E-state index in [1.165, 1.54) is 12.0 Å². The van der Waals surface area contributed by atoms with Crippen LogP contribution in [0.2, 0.25) is 5.02 Å². The molecule has 0 heterocycles. The van der Waals surface area contributed by atoms with Crippen molar-refractivity contribution < 1.29 is 4.79 Å². The summed E-state index contributed by atoms with van der Waals surface area (Å²) in [4.78, 5) is 11.9. The fraction of sp³-hybridized carbons (Fsp3) is 0.357. The number of halogens is 1. The first-order valence-electron chi connectivity index (χ1n) is 5.74. The van der Waals surface area contributed by atoms with Crippen LogP contribution in [0.4, 0.5) is 0 Å². The van der Waals surface area contributed by atoms with Gasteiger partial charge in [0, 0.05) is 17.4 Å². The van der Waals surface area contributed by atoms with Gasteiger partial charge < -0.3 is 0 Å². The highest BCUT2D eigenvalue weighted by molar-refractivity contribution is 6.30. The van der Waals surface area contributed by atoms with Crippen molar-refractivity contribution in [3.05, 3.63) is 40.9 Å². The van der Waals surface area contributed by atoms with E-state index in [9.17, 15) is 4.79 Å². The average molecular weight is 233 g/mol. The Morgan fingerprint density at radius 3 is 2.81 bits per heavy atom. The first kappa shape index (κ1) is 10.1. The Labute approximate surface area is 100 Å². The molecule has 0 unspecified atom stereocenters. The summed E-state index contributed by atoms with van der Waals surface area (Å²) in [5, 5.41) is 0.743. The molecule has 1 nitrogen and oxygen atoms in total. The van der Waals surface area contributed by atoms with E-state index in [1.54, 1.807) is 0 Å². The number of Topliss-reactive ketones (excluding diaryl/α,β-unsaturated/α-hetero) is 1. The molecule has 3 aliphatic carbocycles. The molecule has 82 valence electrons. The largest absolute Gasteiger partial charge is 0.299 e. The molecule has 1 saturated carbocycles. The van der Waals surface area contributed by atoms with Gasteiger partial charge in [0.1, 0.15) is 5.78 Å². The summed E-state index contributed by atoms with van der Waals surface area (Å²) in [6, 6.07) is 7.83. The van der Waals surface area contributed by atoms with Crippen molar-refractivity contribution in [3.8, 4) is 0 Å². The zero-order valence-electron chi connectivity index (χ0n) is 8.95. The number of hydrogen-bond acceptors (Lipinski definition) is 1. The fourth-order valence-electron chi connectivity index (χ4n) is 2.85. The highest BCUT2D eigenvalue weighted by Crippen LogP contribution is 2.43. The van der Waals surface area contributed by atoms with Crippen molar-refractivity contribution in [1.82, 2.24) is 0 Å². The van der Waals surface area contributed by atoms with Crippen LogP contribution in [0.1, 0.15) is 24.8 Å². The van der Waals surface area contributed by atoms with Gasteiger partial charge in [-0.3, -0.25) is 4.79 Å². The number of carbonyl (C=O) groups is 1. The van der Waals surface area contributed by atoms with Gasteiger partial charge in [-0.05, 0) is 42.0 Å². The lowest BCUT2D eigenvalue weighted by Crippen LogP contribution is -2.30. The van der Waals surface area contributed by atoms with E-state index in [2.05, 4.69) is 6.08 Å². The zero-order chi connectivity index (χ0) is 11.1. The lowest BCUT2D eigenvalue weighted by molar-refractivity contribution is -0.124. The number of carbonyl (C=O) groups excluding carboxylic acids is 1. The number of benzene rings is 1. The minimum Gasteiger partial charge on any atom is -0.299 e. The molecule has 4 rings (SSSR count). The topological polar surface area (TPSA) is 17.1 Å². The van der Waals surface area contributed by atoms with Crippen LogP contribution in [0.25, 0.3) is 5.57 Å². The summed E-state index contributed by atoms with van der Waals surface area (Å²) in [5.41, 5.74) is 2.32. The summed E-state index contributed by atoms with van der Waals surface area (Å²) in [5.74, 6) is 1.00. The van der Waals surface area contributed by atoms with Gasteiger partial charge in [0.05, 0.1) is 0 Å². The number of rotatable bonds is 1. The number of hydrogen-bond donors (Lipinski definition) is 0.